The molecule has 48 valence electrons. The van der Waals surface area contributed by atoms with E-state index in [1.165, 1.54) is 11.3 Å². The van der Waals surface area contributed by atoms with Gasteiger partial charge in [-0.1, -0.05) is 12.8 Å². The molecule has 0 aliphatic heterocycles. The van der Waals surface area contributed by atoms with Crippen LogP contribution in [0, 0.1) is 0 Å². The number of carbonyl (C=O) groups is 1. The van der Waals surface area contributed by atoms with Gasteiger partial charge in [-0.25, -0.2) is 0 Å². The minimum atomic E-state index is -0.153. The van der Waals surface area contributed by atoms with Crippen molar-refractivity contribution in [2.24, 2.45) is 0 Å². The van der Waals surface area contributed by atoms with Crippen molar-refractivity contribution in [2.75, 3.05) is 0 Å². The van der Waals surface area contributed by atoms with Crippen molar-refractivity contribution in [3.63, 3.8) is 0 Å². The van der Waals surface area contributed by atoms with E-state index >= 15 is 0 Å². The maximum Gasteiger partial charge on any atom is 0.261 e. The Labute approximate surface area is 62.4 Å². The smallest absolute Gasteiger partial charge is 0.261 e. The Kier molecular flexibility index (Phi) is 2.13. The van der Waals surface area contributed by atoms with E-state index in [-0.39, 0.29) is 5.91 Å². The van der Waals surface area contributed by atoms with Gasteiger partial charge in [0.05, 0.1) is 5.56 Å². The normalized spacial score (nSPS) is 9.00. The maximum absolute atomic E-state index is 10.7. The van der Waals surface area contributed by atoms with E-state index in [0.717, 1.165) is 0 Å². The number of amides is 1. The van der Waals surface area contributed by atoms with Gasteiger partial charge in [0.2, 0.25) is 0 Å². The Morgan fingerprint density at radius 3 is 3.00 bits per heavy atom. The minimum Gasteiger partial charge on any atom is -0.299 e. The topological polar surface area (TPSA) is 29.1 Å². The summed E-state index contributed by atoms with van der Waals surface area (Å²) in [6.07, 6.45) is 0. The molecule has 0 aliphatic rings. The maximum atomic E-state index is 10.7. The second kappa shape index (κ2) is 2.89. The van der Waals surface area contributed by atoms with Crippen LogP contribution in [0.3, 0.4) is 0 Å². The summed E-state index contributed by atoms with van der Waals surface area (Å²) in [4.78, 5) is 10.7. The van der Waals surface area contributed by atoms with Crippen molar-refractivity contribution >= 4 is 30.1 Å². The summed E-state index contributed by atoms with van der Waals surface area (Å²) >= 11 is 5.10. The molecule has 0 aliphatic carbocycles. The summed E-state index contributed by atoms with van der Waals surface area (Å²) in [7, 11) is 0. The van der Waals surface area contributed by atoms with E-state index in [4.69, 9.17) is 0 Å². The van der Waals surface area contributed by atoms with Crippen LogP contribution >= 0.6 is 24.2 Å². The Hall–Kier alpha value is -0.480. The van der Waals surface area contributed by atoms with E-state index in [0.29, 0.717) is 5.56 Å². The summed E-state index contributed by atoms with van der Waals surface area (Å²) in [5.41, 5.74) is 0.662. The molecule has 4 heteroatoms. The van der Waals surface area contributed by atoms with Gasteiger partial charge in [-0.3, -0.25) is 9.52 Å². The zero-order valence-electron chi connectivity index (χ0n) is 4.50. The highest BCUT2D eigenvalue weighted by Crippen LogP contribution is 2.04. The van der Waals surface area contributed by atoms with Crippen LogP contribution < -0.4 is 4.72 Å². The zero-order valence-corrected chi connectivity index (χ0v) is 6.21. The number of hydrogen-bond acceptors (Lipinski definition) is 3. The van der Waals surface area contributed by atoms with E-state index in [9.17, 15) is 4.79 Å². The molecule has 1 N–H and O–H groups in total. The molecule has 0 saturated heterocycles. The molecule has 1 heterocycles. The number of thiophene rings is 1. The van der Waals surface area contributed by atoms with Crippen LogP contribution in [0.25, 0.3) is 0 Å². The fourth-order valence-electron chi connectivity index (χ4n) is 0.458. The molecule has 1 rings (SSSR count). The fraction of sp³-hybridized carbons (Fsp3) is 0. The third-order valence-electron chi connectivity index (χ3n) is 0.885. The molecule has 0 bridgehead atoms. The number of rotatable bonds is 1. The second-order valence-corrected chi connectivity index (χ2v) is 2.46. The van der Waals surface area contributed by atoms with E-state index in [1.807, 2.05) is 5.38 Å². The Balaban J connectivity index is 2.77. The zero-order chi connectivity index (χ0) is 6.69. The van der Waals surface area contributed by atoms with Crippen molar-refractivity contribution in [3.8, 4) is 0 Å². The molecule has 0 spiro atoms. The number of nitrogens with one attached hydrogen (secondary N) is 1. The summed E-state index contributed by atoms with van der Waals surface area (Å²) in [6.45, 7) is 0. The molecule has 0 atom stereocenters. The fourth-order valence-corrected chi connectivity index (χ4v) is 1.22. The van der Waals surface area contributed by atoms with E-state index in [2.05, 4.69) is 17.5 Å². The van der Waals surface area contributed by atoms with Gasteiger partial charge in [0.1, 0.15) is 0 Å². The largest absolute Gasteiger partial charge is 0.299 e. The first kappa shape index (κ1) is 6.64. The Bertz CT molecular complexity index is 195. The van der Waals surface area contributed by atoms with Crippen LogP contribution in [0.15, 0.2) is 16.8 Å². The van der Waals surface area contributed by atoms with Crippen molar-refractivity contribution in [1.82, 2.24) is 4.72 Å². The van der Waals surface area contributed by atoms with Crippen molar-refractivity contribution < 1.29 is 4.79 Å². The van der Waals surface area contributed by atoms with Crippen LogP contribution in [0.4, 0.5) is 0 Å². The highest BCUT2D eigenvalue weighted by molar-refractivity contribution is 7.78. The number of thiol groups is 1. The molecule has 1 amide bonds. The third kappa shape index (κ3) is 1.46. The molecule has 1 aromatic heterocycles. The van der Waals surface area contributed by atoms with E-state index in [1.54, 1.807) is 11.4 Å². The van der Waals surface area contributed by atoms with Crippen molar-refractivity contribution in [3.05, 3.63) is 22.4 Å². The predicted molar refractivity (Wildman–Crippen MR) is 40.8 cm³/mol. The van der Waals surface area contributed by atoms with Crippen LogP contribution in [0.1, 0.15) is 10.4 Å². The lowest BCUT2D eigenvalue weighted by atomic mass is 10.3. The number of carbonyl (C=O) groups excluding carboxylic acids is 1. The van der Waals surface area contributed by atoms with Gasteiger partial charge in [-0.05, 0) is 11.4 Å². The van der Waals surface area contributed by atoms with Gasteiger partial charge in [-0.15, -0.1) is 0 Å². The summed E-state index contributed by atoms with van der Waals surface area (Å²) in [5, 5.41) is 3.61. The Morgan fingerprint density at radius 2 is 2.56 bits per heavy atom. The molecule has 0 unspecified atom stereocenters. The monoisotopic (exact) mass is 159 g/mol. The van der Waals surface area contributed by atoms with Crippen molar-refractivity contribution in [1.29, 1.82) is 0 Å². The summed E-state index contributed by atoms with van der Waals surface area (Å²) in [5.74, 6) is -0.153. The Morgan fingerprint density at radius 1 is 1.78 bits per heavy atom. The second-order valence-electron chi connectivity index (χ2n) is 1.45. The molecule has 2 nitrogen and oxygen atoms in total. The molecular formula is C5H5NOS2. The first-order chi connectivity index (χ1) is 4.34. The van der Waals surface area contributed by atoms with Crippen LogP contribution in [0.2, 0.25) is 0 Å². The third-order valence-corrected chi connectivity index (χ3v) is 1.77. The standard InChI is InChI=1S/C5H5NOS2/c7-5(6-8)4-1-2-9-3-4/h1-3,8H,(H,6,7). The lowest BCUT2D eigenvalue weighted by molar-refractivity contribution is 0.0985. The minimum absolute atomic E-state index is 0.153. The van der Waals surface area contributed by atoms with Gasteiger partial charge in [0.15, 0.2) is 0 Å². The first-order valence-corrected chi connectivity index (χ1v) is 3.70. The van der Waals surface area contributed by atoms with Crippen molar-refractivity contribution in [2.45, 2.75) is 0 Å². The average Bonchev–Trinajstić information content (AvgIpc) is 2.37. The molecule has 0 aromatic carbocycles. The highest BCUT2D eigenvalue weighted by Gasteiger charge is 2.00. The lowest BCUT2D eigenvalue weighted by Crippen LogP contribution is -2.10. The average molecular weight is 159 g/mol. The van der Waals surface area contributed by atoms with Gasteiger partial charge < -0.3 is 0 Å². The number of hydrogen-bond donors (Lipinski definition) is 2. The molecule has 0 radical (unpaired) electrons. The summed E-state index contributed by atoms with van der Waals surface area (Å²) < 4.78 is 2.23. The van der Waals surface area contributed by atoms with Gasteiger partial charge in [0, 0.05) is 5.38 Å². The quantitative estimate of drug-likeness (QED) is 0.595. The van der Waals surface area contributed by atoms with E-state index < -0.39 is 0 Å². The first-order valence-electron chi connectivity index (χ1n) is 2.31. The molecule has 0 fully saturated rings. The molecule has 1 aromatic rings. The van der Waals surface area contributed by atoms with Gasteiger partial charge in [-0.2, -0.15) is 11.3 Å². The summed E-state index contributed by atoms with van der Waals surface area (Å²) in [6, 6.07) is 1.75. The molecular weight excluding hydrogens is 154 g/mol. The lowest BCUT2D eigenvalue weighted by Gasteiger charge is -1.89. The highest BCUT2D eigenvalue weighted by atomic mass is 32.1. The van der Waals surface area contributed by atoms with Crippen LogP contribution in [-0.2, 0) is 0 Å². The van der Waals surface area contributed by atoms with Gasteiger partial charge in [0.25, 0.3) is 5.91 Å². The van der Waals surface area contributed by atoms with Gasteiger partial charge >= 0.3 is 0 Å². The van der Waals surface area contributed by atoms with Crippen LogP contribution in [-0.4, -0.2) is 5.91 Å². The van der Waals surface area contributed by atoms with Crippen LogP contribution in [0.5, 0.6) is 0 Å². The predicted octanol–water partition coefficient (Wildman–Crippen LogP) is 1.32. The molecule has 9 heavy (non-hydrogen) atoms. The SMILES string of the molecule is O=C(NS)c1ccsc1. The molecule has 0 saturated carbocycles.